The van der Waals surface area contributed by atoms with E-state index in [1.165, 1.54) is 0 Å². The smallest absolute Gasteiger partial charge is 0.323 e. The second-order valence-electron chi connectivity index (χ2n) is 5.66. The van der Waals surface area contributed by atoms with Crippen LogP contribution < -0.4 is 11.0 Å². The van der Waals surface area contributed by atoms with Crippen LogP contribution in [-0.2, 0) is 19.6 Å². The van der Waals surface area contributed by atoms with E-state index in [0.717, 1.165) is 33.5 Å². The molecule has 3 rings (SSSR count). The van der Waals surface area contributed by atoms with Crippen molar-refractivity contribution >= 4 is 11.0 Å². The number of aliphatic hydroxyl groups excluding tert-OH is 1. The summed E-state index contributed by atoms with van der Waals surface area (Å²) in [5, 5.41) is 16.9. The maximum absolute atomic E-state index is 11.3. The van der Waals surface area contributed by atoms with Crippen molar-refractivity contribution in [3.8, 4) is 0 Å². The monoisotopic (exact) mass is 315 g/mol. The van der Waals surface area contributed by atoms with Crippen molar-refractivity contribution in [2.24, 2.45) is 0 Å². The summed E-state index contributed by atoms with van der Waals surface area (Å²) in [5.41, 5.74) is 5.77. The molecule has 3 aromatic rings. The zero-order valence-corrected chi connectivity index (χ0v) is 13.3. The highest BCUT2D eigenvalue weighted by atomic mass is 16.3. The third-order valence-corrected chi connectivity index (χ3v) is 4.05. The number of benzene rings is 1. The molecule has 7 nitrogen and oxygen atoms in total. The van der Waals surface area contributed by atoms with Gasteiger partial charge in [-0.25, -0.2) is 4.79 Å². The summed E-state index contributed by atoms with van der Waals surface area (Å²) in [7, 11) is 0. The molecular formula is C16H21N5O2. The van der Waals surface area contributed by atoms with Gasteiger partial charge in [0, 0.05) is 24.3 Å². The Morgan fingerprint density at radius 2 is 2.00 bits per heavy atom. The Hall–Kier alpha value is -2.38. The maximum Gasteiger partial charge on any atom is 0.323 e. The number of aromatic amines is 2. The van der Waals surface area contributed by atoms with Crippen LogP contribution in [0.3, 0.4) is 0 Å². The van der Waals surface area contributed by atoms with E-state index < -0.39 is 0 Å². The molecular weight excluding hydrogens is 294 g/mol. The number of H-pyrrole nitrogens is 2. The third-order valence-electron chi connectivity index (χ3n) is 4.05. The van der Waals surface area contributed by atoms with E-state index >= 15 is 0 Å². The number of nitrogens with zero attached hydrogens (tertiary/aromatic N) is 2. The van der Waals surface area contributed by atoms with Gasteiger partial charge in [-0.3, -0.25) is 4.68 Å². The zero-order chi connectivity index (χ0) is 16.4. The molecule has 0 aliphatic rings. The van der Waals surface area contributed by atoms with Crippen molar-refractivity contribution < 1.29 is 5.11 Å². The highest BCUT2D eigenvalue weighted by Crippen LogP contribution is 2.14. The molecule has 1 aromatic carbocycles. The van der Waals surface area contributed by atoms with Gasteiger partial charge in [0.15, 0.2) is 0 Å². The maximum atomic E-state index is 11.3. The fourth-order valence-corrected chi connectivity index (χ4v) is 2.82. The van der Waals surface area contributed by atoms with Crippen LogP contribution in [-0.4, -0.2) is 31.5 Å². The molecule has 0 amide bonds. The minimum atomic E-state index is -0.187. The Balaban J connectivity index is 1.67. The number of fused-ring (bicyclic) bond motifs is 1. The van der Waals surface area contributed by atoms with Gasteiger partial charge in [-0.15, -0.1) is 0 Å². The molecule has 0 bridgehead atoms. The SMILES string of the molecule is Cc1nn(CCO)c(C)c1CNCc1ccc2[nH]c(=O)[nH]c2c1. The number of hydrogen-bond acceptors (Lipinski definition) is 4. The first-order valence-electron chi connectivity index (χ1n) is 7.64. The third kappa shape index (κ3) is 3.20. The fraction of sp³-hybridized carbons (Fsp3) is 0.375. The van der Waals surface area contributed by atoms with Crippen LogP contribution in [0.5, 0.6) is 0 Å². The molecule has 0 atom stereocenters. The average molecular weight is 315 g/mol. The van der Waals surface area contributed by atoms with E-state index in [0.29, 0.717) is 19.6 Å². The summed E-state index contributed by atoms with van der Waals surface area (Å²) in [6, 6.07) is 5.86. The Kier molecular flexibility index (Phi) is 4.31. The lowest BCUT2D eigenvalue weighted by molar-refractivity contribution is 0.267. The van der Waals surface area contributed by atoms with Crippen molar-refractivity contribution in [3.05, 3.63) is 51.2 Å². The minimum Gasteiger partial charge on any atom is -0.394 e. The molecule has 4 N–H and O–H groups in total. The molecule has 0 aliphatic heterocycles. The molecule has 0 aliphatic carbocycles. The van der Waals surface area contributed by atoms with E-state index in [-0.39, 0.29) is 12.3 Å². The Labute approximate surface area is 133 Å². The van der Waals surface area contributed by atoms with E-state index in [1.54, 1.807) is 0 Å². The summed E-state index contributed by atoms with van der Waals surface area (Å²) < 4.78 is 1.84. The van der Waals surface area contributed by atoms with E-state index in [4.69, 9.17) is 5.11 Å². The molecule has 0 unspecified atom stereocenters. The molecule has 0 saturated heterocycles. The fourth-order valence-electron chi connectivity index (χ4n) is 2.82. The standard InChI is InChI=1S/C16H21N5O2/c1-10-13(11(2)21(20-10)5-6-22)9-17-8-12-3-4-14-15(7-12)19-16(23)18-14/h3-4,7,17,22H,5-6,8-9H2,1-2H3,(H2,18,19,23). The highest BCUT2D eigenvalue weighted by molar-refractivity contribution is 5.74. The lowest BCUT2D eigenvalue weighted by Crippen LogP contribution is -2.14. The predicted molar refractivity (Wildman–Crippen MR) is 88.2 cm³/mol. The van der Waals surface area contributed by atoms with Gasteiger partial charge < -0.3 is 20.4 Å². The van der Waals surface area contributed by atoms with Crippen molar-refractivity contribution in [2.45, 2.75) is 33.5 Å². The summed E-state index contributed by atoms with van der Waals surface area (Å²) in [6.07, 6.45) is 0. The number of imidazole rings is 1. The number of nitrogens with one attached hydrogen (secondary N) is 3. The van der Waals surface area contributed by atoms with Crippen LogP contribution in [0.4, 0.5) is 0 Å². The first-order valence-corrected chi connectivity index (χ1v) is 7.64. The van der Waals surface area contributed by atoms with Crippen LogP contribution in [0.15, 0.2) is 23.0 Å². The first kappa shape index (κ1) is 15.5. The first-order chi connectivity index (χ1) is 11.1. The van der Waals surface area contributed by atoms with Gasteiger partial charge in [-0.2, -0.15) is 5.10 Å². The largest absolute Gasteiger partial charge is 0.394 e. The summed E-state index contributed by atoms with van der Waals surface area (Å²) in [5.74, 6) is 0. The van der Waals surface area contributed by atoms with Crippen molar-refractivity contribution in [3.63, 3.8) is 0 Å². The number of aryl methyl sites for hydroxylation is 1. The van der Waals surface area contributed by atoms with Crippen molar-refractivity contribution in [2.75, 3.05) is 6.61 Å². The van der Waals surface area contributed by atoms with Gasteiger partial charge in [0.2, 0.25) is 0 Å². The van der Waals surface area contributed by atoms with Gasteiger partial charge in [-0.1, -0.05) is 6.07 Å². The van der Waals surface area contributed by atoms with E-state index in [9.17, 15) is 4.79 Å². The number of hydrogen-bond donors (Lipinski definition) is 4. The van der Waals surface area contributed by atoms with Gasteiger partial charge in [0.25, 0.3) is 0 Å². The van der Waals surface area contributed by atoms with Crippen LogP contribution in [0.2, 0.25) is 0 Å². The Morgan fingerprint density at radius 1 is 1.22 bits per heavy atom. The minimum absolute atomic E-state index is 0.0870. The molecule has 0 saturated carbocycles. The van der Waals surface area contributed by atoms with Crippen molar-refractivity contribution in [1.82, 2.24) is 25.1 Å². The molecule has 122 valence electrons. The zero-order valence-electron chi connectivity index (χ0n) is 13.3. The van der Waals surface area contributed by atoms with Crippen LogP contribution >= 0.6 is 0 Å². The highest BCUT2D eigenvalue weighted by Gasteiger charge is 2.10. The number of aromatic nitrogens is 4. The van der Waals surface area contributed by atoms with Crippen LogP contribution in [0, 0.1) is 13.8 Å². The molecule has 0 spiro atoms. The lowest BCUT2D eigenvalue weighted by Gasteiger charge is -2.07. The molecule has 23 heavy (non-hydrogen) atoms. The molecule has 0 radical (unpaired) electrons. The van der Waals surface area contributed by atoms with Crippen molar-refractivity contribution in [1.29, 1.82) is 0 Å². The average Bonchev–Trinajstić information content (AvgIpc) is 3.00. The molecule has 0 fully saturated rings. The summed E-state index contributed by atoms with van der Waals surface area (Å²) in [4.78, 5) is 16.8. The van der Waals surface area contributed by atoms with Gasteiger partial charge in [0.1, 0.15) is 0 Å². The quantitative estimate of drug-likeness (QED) is 0.544. The summed E-state index contributed by atoms with van der Waals surface area (Å²) in [6.45, 7) is 6.02. The Bertz CT molecular complexity index is 874. The van der Waals surface area contributed by atoms with Crippen LogP contribution in [0.25, 0.3) is 11.0 Å². The normalized spacial score (nSPS) is 11.4. The van der Waals surface area contributed by atoms with E-state index in [1.807, 2.05) is 36.7 Å². The molecule has 2 heterocycles. The second kappa shape index (κ2) is 6.39. The van der Waals surface area contributed by atoms with E-state index in [2.05, 4.69) is 20.4 Å². The lowest BCUT2D eigenvalue weighted by atomic mass is 10.1. The number of aliphatic hydroxyl groups is 1. The van der Waals surface area contributed by atoms with Gasteiger partial charge in [0.05, 0.1) is 29.9 Å². The summed E-state index contributed by atoms with van der Waals surface area (Å²) >= 11 is 0. The van der Waals surface area contributed by atoms with Gasteiger partial charge >= 0.3 is 5.69 Å². The Morgan fingerprint density at radius 3 is 2.78 bits per heavy atom. The molecule has 7 heteroatoms. The molecule has 2 aromatic heterocycles. The number of rotatable bonds is 6. The second-order valence-corrected chi connectivity index (χ2v) is 5.66. The predicted octanol–water partition coefficient (Wildman–Crippen LogP) is 0.952. The van der Waals surface area contributed by atoms with Gasteiger partial charge in [-0.05, 0) is 31.5 Å². The van der Waals surface area contributed by atoms with Crippen LogP contribution in [0.1, 0.15) is 22.5 Å². The topological polar surface area (TPSA) is 98.7 Å².